The molecular weight excluding hydrogens is 228 g/mol. The van der Waals surface area contributed by atoms with E-state index in [0.29, 0.717) is 38.1 Å². The second-order valence-corrected chi connectivity index (χ2v) is 4.19. The fourth-order valence-electron chi connectivity index (χ4n) is 1.43. The average molecular weight is 248 g/mol. The molecule has 6 heteroatoms. The molecule has 2 atom stereocenters. The minimum Gasteiger partial charge on any atom is -0.383 e. The summed E-state index contributed by atoms with van der Waals surface area (Å²) in [4.78, 5) is 0. The van der Waals surface area contributed by atoms with Crippen molar-refractivity contribution in [3.63, 3.8) is 0 Å². The van der Waals surface area contributed by atoms with Crippen LogP contribution in [-0.4, -0.2) is 57.3 Å². The van der Waals surface area contributed by atoms with Crippen molar-refractivity contribution in [2.45, 2.75) is 19.1 Å². The maximum absolute atomic E-state index is 5.48. The van der Waals surface area contributed by atoms with Gasteiger partial charge in [-0.3, -0.25) is 0 Å². The van der Waals surface area contributed by atoms with Crippen molar-refractivity contribution in [1.29, 1.82) is 0 Å². The van der Waals surface area contributed by atoms with Crippen LogP contribution in [0.2, 0.25) is 0 Å². The zero-order chi connectivity index (χ0) is 11.8. The van der Waals surface area contributed by atoms with Gasteiger partial charge in [-0.1, -0.05) is 0 Å². The Balaban J connectivity index is 2.09. The summed E-state index contributed by atoms with van der Waals surface area (Å²) in [6, 6.07) is 0.202. The number of hydrogen-bond acceptors (Lipinski definition) is 4. The minimum absolute atomic E-state index is 0.0891. The van der Waals surface area contributed by atoms with Gasteiger partial charge in [0, 0.05) is 19.7 Å². The van der Waals surface area contributed by atoms with E-state index < -0.39 is 0 Å². The van der Waals surface area contributed by atoms with Crippen LogP contribution in [-0.2, 0) is 14.2 Å². The largest absolute Gasteiger partial charge is 0.383 e. The van der Waals surface area contributed by atoms with Gasteiger partial charge in [0.1, 0.15) is 0 Å². The Labute approximate surface area is 102 Å². The molecule has 5 nitrogen and oxygen atoms in total. The van der Waals surface area contributed by atoms with E-state index in [1.807, 2.05) is 6.92 Å². The van der Waals surface area contributed by atoms with E-state index in [1.54, 1.807) is 7.11 Å². The van der Waals surface area contributed by atoms with Crippen LogP contribution in [0.15, 0.2) is 0 Å². The minimum atomic E-state index is 0.0891. The Bertz CT molecular complexity index is 210. The van der Waals surface area contributed by atoms with Crippen LogP contribution in [0, 0.1) is 0 Å². The highest BCUT2D eigenvalue weighted by Gasteiger charge is 2.14. The van der Waals surface area contributed by atoms with Gasteiger partial charge in [-0.05, 0) is 19.1 Å². The summed E-state index contributed by atoms with van der Waals surface area (Å²) in [5.41, 5.74) is 0. The zero-order valence-electron chi connectivity index (χ0n) is 9.82. The Morgan fingerprint density at radius 1 is 1.56 bits per heavy atom. The van der Waals surface area contributed by atoms with Crippen molar-refractivity contribution < 1.29 is 14.2 Å². The number of hydrogen-bond donors (Lipinski definition) is 2. The lowest BCUT2D eigenvalue weighted by Gasteiger charge is -2.24. The van der Waals surface area contributed by atoms with Gasteiger partial charge in [0.05, 0.1) is 32.5 Å². The number of thiocarbonyl (C=S) groups is 1. The molecule has 16 heavy (non-hydrogen) atoms. The van der Waals surface area contributed by atoms with Crippen LogP contribution in [0.4, 0.5) is 0 Å². The van der Waals surface area contributed by atoms with Crippen LogP contribution in [0.1, 0.15) is 6.92 Å². The maximum Gasteiger partial charge on any atom is 0.166 e. The molecule has 1 fully saturated rings. The third kappa shape index (κ3) is 5.60. The molecule has 0 aromatic rings. The number of rotatable bonds is 5. The first-order valence-electron chi connectivity index (χ1n) is 5.45. The van der Waals surface area contributed by atoms with Gasteiger partial charge in [-0.15, -0.1) is 0 Å². The van der Waals surface area contributed by atoms with Gasteiger partial charge >= 0.3 is 0 Å². The average Bonchev–Trinajstić information content (AvgIpc) is 2.28. The van der Waals surface area contributed by atoms with E-state index in [9.17, 15) is 0 Å². The van der Waals surface area contributed by atoms with Crippen LogP contribution < -0.4 is 10.6 Å². The Morgan fingerprint density at radius 2 is 2.38 bits per heavy atom. The first-order chi connectivity index (χ1) is 7.72. The third-order valence-electron chi connectivity index (χ3n) is 2.17. The van der Waals surface area contributed by atoms with Gasteiger partial charge in [0.2, 0.25) is 0 Å². The SMILES string of the molecule is COCC(C)NC(=S)NCC1COCCO1. The molecule has 1 heterocycles. The third-order valence-corrected chi connectivity index (χ3v) is 2.43. The highest BCUT2D eigenvalue weighted by molar-refractivity contribution is 7.80. The lowest BCUT2D eigenvalue weighted by molar-refractivity contribution is -0.0850. The predicted molar refractivity (Wildman–Crippen MR) is 65.6 cm³/mol. The molecule has 2 unspecified atom stereocenters. The van der Waals surface area contributed by atoms with Crippen LogP contribution in [0.5, 0.6) is 0 Å². The smallest absolute Gasteiger partial charge is 0.166 e. The Morgan fingerprint density at radius 3 is 3.00 bits per heavy atom. The first-order valence-corrected chi connectivity index (χ1v) is 5.86. The quantitative estimate of drug-likeness (QED) is 0.663. The second kappa shape index (κ2) is 7.78. The molecule has 0 aliphatic carbocycles. The van der Waals surface area contributed by atoms with Gasteiger partial charge in [0.15, 0.2) is 5.11 Å². The molecule has 94 valence electrons. The predicted octanol–water partition coefficient (Wildman–Crippen LogP) is -0.0992. The van der Waals surface area contributed by atoms with E-state index in [0.717, 1.165) is 0 Å². The van der Waals surface area contributed by atoms with Gasteiger partial charge in [-0.2, -0.15) is 0 Å². The molecule has 1 rings (SSSR count). The first kappa shape index (κ1) is 13.6. The maximum atomic E-state index is 5.48. The Hall–Kier alpha value is -0.430. The summed E-state index contributed by atoms with van der Waals surface area (Å²) in [6.45, 7) is 5.29. The molecule has 0 spiro atoms. The van der Waals surface area contributed by atoms with E-state index >= 15 is 0 Å². The summed E-state index contributed by atoms with van der Waals surface area (Å²) in [5.74, 6) is 0. The monoisotopic (exact) mass is 248 g/mol. The molecule has 0 saturated carbocycles. The topological polar surface area (TPSA) is 51.8 Å². The molecule has 2 N–H and O–H groups in total. The molecule has 0 radical (unpaired) electrons. The van der Waals surface area contributed by atoms with Crippen molar-refractivity contribution in [3.05, 3.63) is 0 Å². The van der Waals surface area contributed by atoms with E-state index in [2.05, 4.69) is 10.6 Å². The van der Waals surface area contributed by atoms with Crippen molar-refractivity contribution in [1.82, 2.24) is 10.6 Å². The summed E-state index contributed by atoms with van der Waals surface area (Å²) < 4.78 is 15.8. The highest BCUT2D eigenvalue weighted by atomic mass is 32.1. The van der Waals surface area contributed by atoms with E-state index in [1.165, 1.54) is 0 Å². The van der Waals surface area contributed by atoms with Crippen molar-refractivity contribution in [3.8, 4) is 0 Å². The fraction of sp³-hybridized carbons (Fsp3) is 0.900. The zero-order valence-corrected chi connectivity index (χ0v) is 10.6. The molecule has 1 aliphatic rings. The second-order valence-electron chi connectivity index (χ2n) is 3.78. The van der Waals surface area contributed by atoms with Gasteiger partial charge < -0.3 is 24.8 Å². The fourth-order valence-corrected chi connectivity index (χ4v) is 1.71. The molecule has 0 bridgehead atoms. The van der Waals surface area contributed by atoms with Crippen molar-refractivity contribution in [2.24, 2.45) is 0 Å². The molecule has 0 aromatic heterocycles. The van der Waals surface area contributed by atoms with Crippen LogP contribution in [0.3, 0.4) is 0 Å². The van der Waals surface area contributed by atoms with Crippen molar-refractivity contribution in [2.75, 3.05) is 40.1 Å². The Kier molecular flexibility index (Phi) is 6.63. The van der Waals surface area contributed by atoms with Crippen molar-refractivity contribution >= 4 is 17.3 Å². The highest BCUT2D eigenvalue weighted by Crippen LogP contribution is 1.98. The molecular formula is C10H20N2O3S. The lowest BCUT2D eigenvalue weighted by Crippen LogP contribution is -2.46. The van der Waals surface area contributed by atoms with E-state index in [4.69, 9.17) is 26.4 Å². The van der Waals surface area contributed by atoms with E-state index in [-0.39, 0.29) is 12.1 Å². The number of methoxy groups -OCH3 is 1. The summed E-state index contributed by atoms with van der Waals surface area (Å²) in [6.07, 6.45) is 0.0891. The normalized spacial score (nSPS) is 22.5. The standard InChI is InChI=1S/C10H20N2O3S/c1-8(6-13-2)12-10(16)11-5-9-7-14-3-4-15-9/h8-9H,3-7H2,1-2H3,(H2,11,12,16). The van der Waals surface area contributed by atoms with Crippen LogP contribution in [0.25, 0.3) is 0 Å². The van der Waals surface area contributed by atoms with Crippen LogP contribution >= 0.6 is 12.2 Å². The molecule has 1 aliphatic heterocycles. The summed E-state index contributed by atoms with van der Waals surface area (Å²) >= 11 is 5.14. The molecule has 0 aromatic carbocycles. The number of ether oxygens (including phenoxy) is 3. The van der Waals surface area contributed by atoms with Gasteiger partial charge in [-0.25, -0.2) is 0 Å². The summed E-state index contributed by atoms with van der Waals surface area (Å²) in [7, 11) is 1.67. The molecule has 0 amide bonds. The number of nitrogens with one attached hydrogen (secondary N) is 2. The molecule has 1 saturated heterocycles. The summed E-state index contributed by atoms with van der Waals surface area (Å²) in [5, 5.41) is 6.84. The lowest BCUT2D eigenvalue weighted by atomic mass is 10.3. The van der Waals surface area contributed by atoms with Gasteiger partial charge in [0.25, 0.3) is 0 Å².